The summed E-state index contributed by atoms with van der Waals surface area (Å²) in [5.41, 5.74) is 3.61. The third-order valence-corrected chi connectivity index (χ3v) is 3.10. The standard InChI is InChI=1S/C15H12N4/c1-2-15-18-13-10-17-8-7-14(13)19(15)12-5-3-11(9-16)4-6-12/h3-8,10H,2H2,1H3. The van der Waals surface area contributed by atoms with Crippen molar-refractivity contribution >= 4 is 11.0 Å². The van der Waals surface area contributed by atoms with Gasteiger partial charge >= 0.3 is 0 Å². The molecule has 0 saturated carbocycles. The first-order valence-corrected chi connectivity index (χ1v) is 6.15. The van der Waals surface area contributed by atoms with E-state index in [0.29, 0.717) is 5.56 Å². The Hall–Kier alpha value is -2.67. The fourth-order valence-electron chi connectivity index (χ4n) is 2.19. The first kappa shape index (κ1) is 11.4. The lowest BCUT2D eigenvalue weighted by molar-refractivity contribution is 0.908. The maximum atomic E-state index is 8.85. The molecule has 2 aromatic heterocycles. The molecule has 92 valence electrons. The summed E-state index contributed by atoms with van der Waals surface area (Å²) in [4.78, 5) is 8.69. The van der Waals surface area contributed by atoms with Gasteiger partial charge in [-0.2, -0.15) is 5.26 Å². The highest BCUT2D eigenvalue weighted by Crippen LogP contribution is 2.21. The molecule has 1 aromatic carbocycles. The molecule has 0 aliphatic heterocycles. The summed E-state index contributed by atoms with van der Waals surface area (Å²) in [7, 11) is 0. The normalized spacial score (nSPS) is 10.5. The zero-order valence-electron chi connectivity index (χ0n) is 10.5. The molecule has 0 saturated heterocycles. The molecule has 19 heavy (non-hydrogen) atoms. The predicted octanol–water partition coefficient (Wildman–Crippen LogP) is 2.85. The molecule has 0 aliphatic carbocycles. The van der Waals surface area contributed by atoms with Crippen LogP contribution in [0.3, 0.4) is 0 Å². The molecule has 3 rings (SSSR count). The molecule has 0 aliphatic rings. The summed E-state index contributed by atoms with van der Waals surface area (Å²) in [6, 6.07) is 11.6. The molecular formula is C15H12N4. The number of imidazole rings is 1. The number of fused-ring (bicyclic) bond motifs is 1. The first-order valence-electron chi connectivity index (χ1n) is 6.15. The zero-order chi connectivity index (χ0) is 13.2. The molecule has 4 nitrogen and oxygen atoms in total. The number of aromatic nitrogens is 3. The Balaban J connectivity index is 2.25. The highest BCUT2D eigenvalue weighted by atomic mass is 15.1. The average Bonchev–Trinajstić information content (AvgIpc) is 2.86. The van der Waals surface area contributed by atoms with Crippen molar-refractivity contribution in [3.05, 3.63) is 54.1 Å². The van der Waals surface area contributed by atoms with Gasteiger partial charge in [0.25, 0.3) is 0 Å². The van der Waals surface area contributed by atoms with E-state index in [0.717, 1.165) is 29.0 Å². The van der Waals surface area contributed by atoms with E-state index in [-0.39, 0.29) is 0 Å². The molecule has 0 radical (unpaired) electrons. The molecule has 0 bridgehead atoms. The number of nitrogens with zero attached hydrogens (tertiary/aromatic N) is 4. The van der Waals surface area contributed by atoms with Gasteiger partial charge in [-0.05, 0) is 30.3 Å². The Kier molecular flexibility index (Phi) is 2.73. The zero-order valence-corrected chi connectivity index (χ0v) is 10.5. The number of hydrogen-bond acceptors (Lipinski definition) is 3. The molecular weight excluding hydrogens is 236 g/mol. The van der Waals surface area contributed by atoms with E-state index in [1.165, 1.54) is 0 Å². The molecule has 0 spiro atoms. The van der Waals surface area contributed by atoms with Crippen molar-refractivity contribution in [1.29, 1.82) is 5.26 Å². The molecule has 4 heteroatoms. The van der Waals surface area contributed by atoms with Crippen LogP contribution in [0.15, 0.2) is 42.7 Å². The van der Waals surface area contributed by atoms with Gasteiger partial charge in [-0.1, -0.05) is 6.92 Å². The van der Waals surface area contributed by atoms with Crippen LogP contribution in [-0.4, -0.2) is 14.5 Å². The highest BCUT2D eigenvalue weighted by Gasteiger charge is 2.10. The SMILES string of the molecule is CCc1nc2cnccc2n1-c1ccc(C#N)cc1. The number of nitriles is 1. The van der Waals surface area contributed by atoms with E-state index in [2.05, 4.69) is 27.5 Å². The summed E-state index contributed by atoms with van der Waals surface area (Å²) in [5.74, 6) is 0.993. The van der Waals surface area contributed by atoms with Crippen LogP contribution in [0.25, 0.3) is 16.7 Å². The maximum absolute atomic E-state index is 8.85. The number of rotatable bonds is 2. The van der Waals surface area contributed by atoms with Gasteiger partial charge < -0.3 is 0 Å². The van der Waals surface area contributed by atoms with Crippen molar-refractivity contribution in [3.8, 4) is 11.8 Å². The van der Waals surface area contributed by atoms with Gasteiger partial charge in [0.05, 0.1) is 23.3 Å². The van der Waals surface area contributed by atoms with Crippen molar-refractivity contribution < 1.29 is 0 Å². The maximum Gasteiger partial charge on any atom is 0.114 e. The van der Waals surface area contributed by atoms with Crippen LogP contribution < -0.4 is 0 Å². The van der Waals surface area contributed by atoms with Crippen LogP contribution in [0.1, 0.15) is 18.3 Å². The third-order valence-electron chi connectivity index (χ3n) is 3.10. The summed E-state index contributed by atoms with van der Waals surface area (Å²) < 4.78 is 2.11. The monoisotopic (exact) mass is 248 g/mol. The van der Waals surface area contributed by atoms with Crippen LogP contribution in [0.2, 0.25) is 0 Å². The van der Waals surface area contributed by atoms with Crippen LogP contribution >= 0.6 is 0 Å². The molecule has 3 aromatic rings. The molecule has 0 N–H and O–H groups in total. The molecule has 0 atom stereocenters. The van der Waals surface area contributed by atoms with Gasteiger partial charge in [-0.3, -0.25) is 9.55 Å². The number of aryl methyl sites for hydroxylation is 1. The first-order chi connectivity index (χ1) is 9.33. The lowest BCUT2D eigenvalue weighted by atomic mass is 10.2. The van der Waals surface area contributed by atoms with E-state index < -0.39 is 0 Å². The molecule has 0 amide bonds. The van der Waals surface area contributed by atoms with E-state index >= 15 is 0 Å². The Morgan fingerprint density at radius 1 is 1.21 bits per heavy atom. The van der Waals surface area contributed by atoms with Crippen LogP contribution in [-0.2, 0) is 6.42 Å². The lowest BCUT2D eigenvalue weighted by Gasteiger charge is -2.07. The summed E-state index contributed by atoms with van der Waals surface area (Å²) >= 11 is 0. The minimum absolute atomic E-state index is 0.660. The van der Waals surface area contributed by atoms with Gasteiger partial charge in [0.15, 0.2) is 0 Å². The third kappa shape index (κ3) is 1.85. The second-order valence-electron chi connectivity index (χ2n) is 4.24. The number of pyridine rings is 1. The molecule has 0 unspecified atom stereocenters. The van der Waals surface area contributed by atoms with Crippen LogP contribution in [0.4, 0.5) is 0 Å². The topological polar surface area (TPSA) is 54.5 Å². The fraction of sp³-hybridized carbons (Fsp3) is 0.133. The van der Waals surface area contributed by atoms with E-state index in [4.69, 9.17) is 5.26 Å². The Morgan fingerprint density at radius 2 is 2.00 bits per heavy atom. The number of hydrogen-bond donors (Lipinski definition) is 0. The molecule has 0 fully saturated rings. The molecule has 2 heterocycles. The van der Waals surface area contributed by atoms with Crippen molar-refractivity contribution in [2.75, 3.05) is 0 Å². The fourth-order valence-corrected chi connectivity index (χ4v) is 2.19. The Labute approximate surface area is 111 Å². The van der Waals surface area contributed by atoms with Crippen LogP contribution in [0, 0.1) is 11.3 Å². The Morgan fingerprint density at radius 3 is 2.68 bits per heavy atom. The average molecular weight is 248 g/mol. The second kappa shape index (κ2) is 4.54. The van der Waals surface area contributed by atoms with Gasteiger partial charge in [0.1, 0.15) is 11.3 Å². The van der Waals surface area contributed by atoms with E-state index in [1.54, 1.807) is 12.4 Å². The minimum atomic E-state index is 0.660. The summed E-state index contributed by atoms with van der Waals surface area (Å²) in [6.07, 6.45) is 4.38. The second-order valence-corrected chi connectivity index (χ2v) is 4.24. The largest absolute Gasteiger partial charge is 0.296 e. The lowest BCUT2D eigenvalue weighted by Crippen LogP contribution is -1.99. The van der Waals surface area contributed by atoms with Crippen molar-refractivity contribution in [1.82, 2.24) is 14.5 Å². The van der Waals surface area contributed by atoms with Gasteiger partial charge in [-0.25, -0.2) is 4.98 Å². The van der Waals surface area contributed by atoms with Gasteiger partial charge in [0, 0.05) is 18.3 Å². The van der Waals surface area contributed by atoms with Crippen LogP contribution in [0.5, 0.6) is 0 Å². The Bertz CT molecular complexity index is 763. The highest BCUT2D eigenvalue weighted by molar-refractivity contribution is 5.77. The van der Waals surface area contributed by atoms with E-state index in [1.807, 2.05) is 30.3 Å². The van der Waals surface area contributed by atoms with Crippen molar-refractivity contribution in [2.45, 2.75) is 13.3 Å². The van der Waals surface area contributed by atoms with Crippen molar-refractivity contribution in [3.63, 3.8) is 0 Å². The van der Waals surface area contributed by atoms with Gasteiger partial charge in [0.2, 0.25) is 0 Å². The number of benzene rings is 1. The summed E-state index contributed by atoms with van der Waals surface area (Å²) in [5, 5.41) is 8.85. The smallest absolute Gasteiger partial charge is 0.114 e. The van der Waals surface area contributed by atoms with E-state index in [9.17, 15) is 0 Å². The predicted molar refractivity (Wildman–Crippen MR) is 73.0 cm³/mol. The summed E-state index contributed by atoms with van der Waals surface area (Å²) in [6.45, 7) is 2.08. The van der Waals surface area contributed by atoms with Gasteiger partial charge in [-0.15, -0.1) is 0 Å². The van der Waals surface area contributed by atoms with Crippen molar-refractivity contribution in [2.24, 2.45) is 0 Å². The quantitative estimate of drug-likeness (QED) is 0.700. The minimum Gasteiger partial charge on any atom is -0.296 e.